The van der Waals surface area contributed by atoms with Crippen molar-refractivity contribution in [2.24, 2.45) is 5.73 Å². The van der Waals surface area contributed by atoms with Crippen LogP contribution in [0.5, 0.6) is 5.75 Å². The molecule has 2 aromatic rings. The molecule has 5 nitrogen and oxygen atoms in total. The molecular weight excluding hydrogens is 328 g/mol. The number of carbonyl (C=O) groups is 2. The second kappa shape index (κ2) is 8.04. The lowest BCUT2D eigenvalue weighted by Crippen LogP contribution is -2.32. The number of hydrogen-bond acceptors (Lipinski definition) is 3. The summed E-state index contributed by atoms with van der Waals surface area (Å²) in [6, 6.07) is 15.1. The molecule has 1 aliphatic rings. The molecule has 3 N–H and O–H groups in total. The van der Waals surface area contributed by atoms with E-state index in [-0.39, 0.29) is 11.9 Å². The van der Waals surface area contributed by atoms with Gasteiger partial charge in [0.05, 0.1) is 0 Å². The fraction of sp³-hybridized carbons (Fsp3) is 0.333. The van der Waals surface area contributed by atoms with E-state index in [9.17, 15) is 9.59 Å². The van der Waals surface area contributed by atoms with Gasteiger partial charge in [-0.3, -0.25) is 9.59 Å². The highest BCUT2D eigenvalue weighted by atomic mass is 16.5. The van der Waals surface area contributed by atoms with Crippen molar-refractivity contribution in [1.82, 2.24) is 5.32 Å². The fourth-order valence-corrected chi connectivity index (χ4v) is 3.22. The molecule has 0 aromatic heterocycles. The van der Waals surface area contributed by atoms with Gasteiger partial charge in [-0.05, 0) is 43.5 Å². The summed E-state index contributed by atoms with van der Waals surface area (Å²) in [5, 5.41) is 3.10. The number of nitrogens with one attached hydrogen (secondary N) is 1. The van der Waals surface area contributed by atoms with Crippen molar-refractivity contribution >= 4 is 11.8 Å². The van der Waals surface area contributed by atoms with Gasteiger partial charge in [0.25, 0.3) is 11.8 Å². The van der Waals surface area contributed by atoms with Crippen molar-refractivity contribution in [2.75, 3.05) is 0 Å². The predicted octanol–water partition coefficient (Wildman–Crippen LogP) is 3.28. The zero-order chi connectivity index (χ0) is 18.5. The van der Waals surface area contributed by atoms with Crippen molar-refractivity contribution in [3.05, 3.63) is 54.1 Å². The molecule has 0 heterocycles. The Morgan fingerprint density at radius 1 is 1.12 bits per heavy atom. The zero-order valence-electron chi connectivity index (χ0n) is 14.9. The number of hydrogen-bond donors (Lipinski definition) is 2. The summed E-state index contributed by atoms with van der Waals surface area (Å²) >= 11 is 0. The Morgan fingerprint density at radius 2 is 1.85 bits per heavy atom. The molecular formula is C21H24N2O3. The number of nitrogens with two attached hydrogens (primary N) is 1. The van der Waals surface area contributed by atoms with Gasteiger partial charge in [-0.1, -0.05) is 43.2 Å². The van der Waals surface area contributed by atoms with Crippen LogP contribution in [0.1, 0.15) is 43.0 Å². The van der Waals surface area contributed by atoms with E-state index in [1.807, 2.05) is 42.5 Å². The molecule has 0 spiro atoms. The first-order valence-corrected chi connectivity index (χ1v) is 9.01. The first-order valence-electron chi connectivity index (χ1n) is 9.01. The summed E-state index contributed by atoms with van der Waals surface area (Å²) in [7, 11) is 0. The minimum absolute atomic E-state index is 0.0531. The van der Waals surface area contributed by atoms with Crippen molar-refractivity contribution in [1.29, 1.82) is 0 Å². The van der Waals surface area contributed by atoms with Gasteiger partial charge < -0.3 is 15.8 Å². The molecule has 26 heavy (non-hydrogen) atoms. The van der Waals surface area contributed by atoms with Crippen LogP contribution in [-0.2, 0) is 4.79 Å². The lowest BCUT2D eigenvalue weighted by atomic mass is 10.0. The zero-order valence-corrected chi connectivity index (χ0v) is 14.9. The maximum Gasteiger partial charge on any atom is 0.258 e. The van der Waals surface area contributed by atoms with Gasteiger partial charge in [-0.15, -0.1) is 0 Å². The van der Waals surface area contributed by atoms with Crippen LogP contribution in [0.4, 0.5) is 0 Å². The molecule has 3 rings (SSSR count). The van der Waals surface area contributed by atoms with E-state index in [2.05, 4.69) is 5.32 Å². The van der Waals surface area contributed by atoms with E-state index in [4.69, 9.17) is 10.5 Å². The van der Waals surface area contributed by atoms with E-state index in [1.54, 1.807) is 13.0 Å². The van der Waals surface area contributed by atoms with Crippen LogP contribution in [0.3, 0.4) is 0 Å². The normalized spacial score (nSPS) is 15.4. The molecule has 0 saturated heterocycles. The van der Waals surface area contributed by atoms with Crippen LogP contribution in [0.15, 0.2) is 48.5 Å². The SMILES string of the molecule is CC(Oc1ccccc1-c1cccc(C(=O)NC2CCCC2)c1)C(N)=O. The quantitative estimate of drug-likeness (QED) is 0.837. The van der Waals surface area contributed by atoms with Crippen LogP contribution in [0.2, 0.25) is 0 Å². The van der Waals surface area contributed by atoms with Gasteiger partial charge >= 0.3 is 0 Å². The molecule has 136 valence electrons. The number of primary amides is 1. The molecule has 2 amide bonds. The van der Waals surface area contributed by atoms with Gasteiger partial charge in [-0.25, -0.2) is 0 Å². The largest absolute Gasteiger partial charge is 0.480 e. The molecule has 0 radical (unpaired) electrons. The summed E-state index contributed by atoms with van der Waals surface area (Å²) < 4.78 is 5.69. The van der Waals surface area contributed by atoms with Crippen LogP contribution >= 0.6 is 0 Å². The predicted molar refractivity (Wildman–Crippen MR) is 101 cm³/mol. The first-order chi connectivity index (χ1) is 12.5. The summed E-state index contributed by atoms with van der Waals surface area (Å²) in [4.78, 5) is 23.8. The average Bonchev–Trinajstić information content (AvgIpc) is 3.15. The van der Waals surface area contributed by atoms with Crippen molar-refractivity contribution in [3.8, 4) is 16.9 Å². The maximum absolute atomic E-state index is 12.5. The molecule has 1 saturated carbocycles. The van der Waals surface area contributed by atoms with E-state index < -0.39 is 12.0 Å². The van der Waals surface area contributed by atoms with Gasteiger partial charge in [-0.2, -0.15) is 0 Å². The summed E-state index contributed by atoms with van der Waals surface area (Å²) in [6.07, 6.45) is 3.71. The van der Waals surface area contributed by atoms with E-state index >= 15 is 0 Å². The first kappa shape index (κ1) is 18.0. The smallest absolute Gasteiger partial charge is 0.258 e. The Balaban J connectivity index is 1.83. The van der Waals surface area contributed by atoms with E-state index in [1.165, 1.54) is 12.8 Å². The molecule has 1 aliphatic carbocycles. The molecule has 0 aliphatic heterocycles. The van der Waals surface area contributed by atoms with E-state index in [0.717, 1.165) is 24.0 Å². The number of benzene rings is 2. The molecule has 1 atom stereocenters. The third-order valence-electron chi connectivity index (χ3n) is 4.72. The van der Waals surface area contributed by atoms with Gasteiger partial charge in [0, 0.05) is 17.2 Å². The second-order valence-electron chi connectivity index (χ2n) is 6.69. The van der Waals surface area contributed by atoms with Gasteiger partial charge in [0.2, 0.25) is 0 Å². The van der Waals surface area contributed by atoms with Crippen molar-refractivity contribution < 1.29 is 14.3 Å². The Labute approximate surface area is 153 Å². The molecule has 1 fully saturated rings. The number of ether oxygens (including phenoxy) is 1. The lowest BCUT2D eigenvalue weighted by Gasteiger charge is -2.16. The van der Waals surface area contributed by atoms with Crippen molar-refractivity contribution in [2.45, 2.75) is 44.8 Å². The number of amides is 2. The Morgan fingerprint density at radius 3 is 2.58 bits per heavy atom. The number of carbonyl (C=O) groups excluding carboxylic acids is 2. The average molecular weight is 352 g/mol. The topological polar surface area (TPSA) is 81.4 Å². The Bertz CT molecular complexity index is 797. The third kappa shape index (κ3) is 4.23. The second-order valence-corrected chi connectivity index (χ2v) is 6.69. The number of rotatable bonds is 6. The van der Waals surface area contributed by atoms with Crippen LogP contribution in [-0.4, -0.2) is 24.0 Å². The number of para-hydroxylation sites is 1. The highest BCUT2D eigenvalue weighted by Gasteiger charge is 2.19. The Kier molecular flexibility index (Phi) is 5.56. The van der Waals surface area contributed by atoms with Gasteiger partial charge in [0.1, 0.15) is 5.75 Å². The minimum Gasteiger partial charge on any atom is -0.480 e. The monoisotopic (exact) mass is 352 g/mol. The molecule has 5 heteroatoms. The van der Waals surface area contributed by atoms with E-state index in [0.29, 0.717) is 11.3 Å². The van der Waals surface area contributed by atoms with Crippen LogP contribution < -0.4 is 15.8 Å². The summed E-state index contributed by atoms with van der Waals surface area (Å²) in [6.45, 7) is 1.62. The summed E-state index contributed by atoms with van der Waals surface area (Å²) in [5.74, 6) is -0.0145. The molecule has 2 aromatic carbocycles. The summed E-state index contributed by atoms with van der Waals surface area (Å²) in [5.41, 5.74) is 7.59. The molecule has 0 bridgehead atoms. The molecule has 1 unspecified atom stereocenters. The van der Waals surface area contributed by atoms with Crippen molar-refractivity contribution in [3.63, 3.8) is 0 Å². The fourth-order valence-electron chi connectivity index (χ4n) is 3.22. The lowest BCUT2D eigenvalue weighted by molar-refractivity contribution is -0.123. The highest BCUT2D eigenvalue weighted by molar-refractivity contribution is 5.96. The third-order valence-corrected chi connectivity index (χ3v) is 4.72. The standard InChI is InChI=1S/C21H24N2O3/c1-14(20(22)24)26-19-12-5-4-11-18(19)15-7-6-8-16(13-15)21(25)23-17-9-2-3-10-17/h4-8,11-14,17H,2-3,9-10H2,1H3,(H2,22,24)(H,23,25). The van der Waals surface area contributed by atoms with Crippen LogP contribution in [0, 0.1) is 0 Å². The van der Waals surface area contributed by atoms with Crippen LogP contribution in [0.25, 0.3) is 11.1 Å². The Hall–Kier alpha value is -2.82. The minimum atomic E-state index is -0.731. The highest BCUT2D eigenvalue weighted by Crippen LogP contribution is 2.31. The van der Waals surface area contributed by atoms with Gasteiger partial charge in [0.15, 0.2) is 6.10 Å². The maximum atomic E-state index is 12.5.